The average Bonchev–Trinajstić information content (AvgIpc) is 2.13. The van der Waals surface area contributed by atoms with Crippen LogP contribution in [0, 0.1) is 17.3 Å². The van der Waals surface area contributed by atoms with Gasteiger partial charge in [-0.05, 0) is 5.41 Å². The number of primary amides is 1. The van der Waals surface area contributed by atoms with E-state index in [1.165, 1.54) is 0 Å². The minimum atomic E-state index is -1.05. The Balaban J connectivity index is 5.30. The van der Waals surface area contributed by atoms with Crippen LogP contribution in [0.2, 0.25) is 0 Å². The number of aliphatic carboxylic acids is 1. The van der Waals surface area contributed by atoms with Crippen molar-refractivity contribution < 1.29 is 14.7 Å². The minimum absolute atomic E-state index is 0.209. The highest BCUT2D eigenvalue weighted by Crippen LogP contribution is 2.34. The fourth-order valence-corrected chi connectivity index (χ4v) is 2.42. The van der Waals surface area contributed by atoms with Crippen LogP contribution in [0.15, 0.2) is 0 Å². The molecular formula is C11H20N2O3S. The number of carbonyl (C=O) groups excluding carboxylic acids is 1. The number of carboxylic acids is 1. The Morgan fingerprint density at radius 1 is 1.41 bits per heavy atom. The first kappa shape index (κ1) is 15.8. The molecule has 0 rings (SSSR count). The quantitative estimate of drug-likeness (QED) is 0.635. The largest absolute Gasteiger partial charge is 0.481 e. The maximum Gasteiger partial charge on any atom is 0.307 e. The summed E-state index contributed by atoms with van der Waals surface area (Å²) < 4.78 is 0. The maximum absolute atomic E-state index is 11.2. The van der Waals surface area contributed by atoms with Crippen LogP contribution >= 0.6 is 12.2 Å². The number of thiocarbonyl (C=S) groups is 1. The third kappa shape index (κ3) is 4.68. The van der Waals surface area contributed by atoms with Crippen LogP contribution in [0.1, 0.15) is 27.2 Å². The van der Waals surface area contributed by atoms with Gasteiger partial charge in [0, 0.05) is 19.4 Å². The predicted octanol–water partition coefficient (Wildman–Crippen LogP) is 0.772. The maximum atomic E-state index is 11.2. The van der Waals surface area contributed by atoms with Gasteiger partial charge in [0.05, 0.1) is 10.9 Å². The summed E-state index contributed by atoms with van der Waals surface area (Å²) in [5.74, 6) is -3.02. The molecule has 4 N–H and O–H groups in total. The summed E-state index contributed by atoms with van der Waals surface area (Å²) in [6.45, 7) is 5.66. The first-order chi connectivity index (χ1) is 7.61. The predicted molar refractivity (Wildman–Crippen MR) is 69.5 cm³/mol. The lowest BCUT2D eigenvalue weighted by Gasteiger charge is -2.35. The first-order valence-electron chi connectivity index (χ1n) is 5.34. The molecule has 17 heavy (non-hydrogen) atoms. The van der Waals surface area contributed by atoms with Crippen LogP contribution in [0.5, 0.6) is 0 Å². The molecule has 0 bridgehead atoms. The molecule has 2 unspecified atom stereocenters. The van der Waals surface area contributed by atoms with Crippen molar-refractivity contribution in [3.8, 4) is 0 Å². The van der Waals surface area contributed by atoms with Crippen LogP contribution in [0.3, 0.4) is 0 Å². The molecule has 2 atom stereocenters. The molecule has 0 fully saturated rings. The molecule has 0 aromatic rings. The lowest BCUT2D eigenvalue weighted by atomic mass is 9.71. The Hall–Kier alpha value is -1.17. The number of carbonyl (C=O) groups is 2. The molecular weight excluding hydrogens is 240 g/mol. The monoisotopic (exact) mass is 260 g/mol. The molecule has 0 heterocycles. The molecule has 0 aliphatic heterocycles. The zero-order valence-corrected chi connectivity index (χ0v) is 11.4. The number of hydrogen-bond donors (Lipinski definition) is 3. The van der Waals surface area contributed by atoms with Gasteiger partial charge in [0.25, 0.3) is 0 Å². The smallest absolute Gasteiger partial charge is 0.307 e. The van der Waals surface area contributed by atoms with Gasteiger partial charge < -0.3 is 16.2 Å². The van der Waals surface area contributed by atoms with Gasteiger partial charge in [-0.25, -0.2) is 0 Å². The Labute approximate surface area is 107 Å². The van der Waals surface area contributed by atoms with Crippen molar-refractivity contribution >= 4 is 29.1 Å². The molecule has 98 valence electrons. The molecule has 0 aromatic heterocycles. The summed E-state index contributed by atoms with van der Waals surface area (Å²) in [6.07, 6.45) is -0.209. The van der Waals surface area contributed by atoms with Crippen LogP contribution in [0.25, 0.3) is 0 Å². The second-order valence-corrected chi connectivity index (χ2v) is 5.51. The summed E-state index contributed by atoms with van der Waals surface area (Å²) in [7, 11) is 1.64. The number of nitrogens with one attached hydrogen (secondary N) is 1. The standard InChI is InChI=1S/C11H20N2O3S/c1-11(2,3)8(9(17)13-4)6(10(15)16)5-7(12)14/h6,8H,5H2,1-4H3,(H2,12,14)(H,13,17)(H,15,16). The third-order valence-corrected chi connectivity index (χ3v) is 3.06. The van der Waals surface area contributed by atoms with Crippen LogP contribution in [-0.4, -0.2) is 29.0 Å². The number of carboxylic acid groups (broad SMARTS) is 1. The van der Waals surface area contributed by atoms with E-state index < -0.39 is 23.7 Å². The van der Waals surface area contributed by atoms with E-state index in [4.69, 9.17) is 18.0 Å². The summed E-state index contributed by atoms with van der Waals surface area (Å²) >= 11 is 5.15. The Morgan fingerprint density at radius 3 is 2.12 bits per heavy atom. The third-order valence-electron chi connectivity index (χ3n) is 2.60. The molecule has 6 heteroatoms. The average molecular weight is 260 g/mol. The van der Waals surface area contributed by atoms with E-state index in [1.807, 2.05) is 20.8 Å². The van der Waals surface area contributed by atoms with Gasteiger partial charge >= 0.3 is 5.97 Å². The Morgan fingerprint density at radius 2 is 1.88 bits per heavy atom. The zero-order valence-electron chi connectivity index (χ0n) is 10.6. The van der Waals surface area contributed by atoms with E-state index in [0.717, 1.165) is 0 Å². The number of amides is 1. The molecule has 0 aromatic carbocycles. The highest BCUT2D eigenvalue weighted by atomic mass is 32.1. The van der Waals surface area contributed by atoms with Crippen molar-refractivity contribution in [3.63, 3.8) is 0 Å². The molecule has 0 radical (unpaired) electrons. The van der Waals surface area contributed by atoms with Crippen LogP contribution in [-0.2, 0) is 9.59 Å². The summed E-state index contributed by atoms with van der Waals surface area (Å²) in [5.41, 5.74) is 4.73. The van der Waals surface area contributed by atoms with Gasteiger partial charge in [0.15, 0.2) is 0 Å². The summed E-state index contributed by atoms with van der Waals surface area (Å²) in [4.78, 5) is 22.6. The summed E-state index contributed by atoms with van der Waals surface area (Å²) in [5, 5.41) is 12.0. The van der Waals surface area contributed by atoms with Gasteiger partial charge in [-0.1, -0.05) is 33.0 Å². The normalized spacial score (nSPS) is 14.8. The molecule has 0 aliphatic carbocycles. The lowest BCUT2D eigenvalue weighted by molar-refractivity contribution is -0.146. The van der Waals surface area contributed by atoms with Gasteiger partial charge in [0.2, 0.25) is 5.91 Å². The van der Waals surface area contributed by atoms with E-state index in [9.17, 15) is 14.7 Å². The van der Waals surface area contributed by atoms with E-state index >= 15 is 0 Å². The van der Waals surface area contributed by atoms with Gasteiger partial charge in [-0.2, -0.15) is 0 Å². The van der Waals surface area contributed by atoms with Gasteiger partial charge in [0.1, 0.15) is 0 Å². The fraction of sp³-hybridized carbons (Fsp3) is 0.727. The molecule has 1 amide bonds. The number of hydrogen-bond acceptors (Lipinski definition) is 3. The Bertz CT molecular complexity index is 323. The van der Waals surface area contributed by atoms with E-state index in [-0.39, 0.29) is 11.8 Å². The van der Waals surface area contributed by atoms with Crippen molar-refractivity contribution in [2.24, 2.45) is 23.0 Å². The van der Waals surface area contributed by atoms with Crippen molar-refractivity contribution in [3.05, 3.63) is 0 Å². The van der Waals surface area contributed by atoms with Crippen molar-refractivity contribution in [1.82, 2.24) is 5.32 Å². The zero-order chi connectivity index (χ0) is 13.8. The van der Waals surface area contributed by atoms with E-state index in [2.05, 4.69) is 5.32 Å². The number of nitrogens with two attached hydrogens (primary N) is 1. The van der Waals surface area contributed by atoms with Gasteiger partial charge in [-0.3, -0.25) is 9.59 Å². The molecule has 5 nitrogen and oxygen atoms in total. The first-order valence-corrected chi connectivity index (χ1v) is 5.74. The highest BCUT2D eigenvalue weighted by Gasteiger charge is 2.40. The molecule has 0 saturated carbocycles. The number of rotatable bonds is 5. The fourth-order valence-electron chi connectivity index (χ4n) is 1.90. The Kier molecular flexibility index (Phi) is 5.54. The van der Waals surface area contributed by atoms with Crippen LogP contribution < -0.4 is 11.1 Å². The second kappa shape index (κ2) is 5.95. The second-order valence-electron chi connectivity index (χ2n) is 5.07. The topological polar surface area (TPSA) is 92.4 Å². The highest BCUT2D eigenvalue weighted by molar-refractivity contribution is 7.80. The summed E-state index contributed by atoms with van der Waals surface area (Å²) in [6, 6.07) is 0. The molecule has 0 saturated heterocycles. The van der Waals surface area contributed by atoms with Crippen molar-refractivity contribution in [2.45, 2.75) is 27.2 Å². The molecule has 0 aliphatic rings. The van der Waals surface area contributed by atoms with Crippen molar-refractivity contribution in [1.29, 1.82) is 0 Å². The van der Waals surface area contributed by atoms with Gasteiger partial charge in [-0.15, -0.1) is 0 Å². The van der Waals surface area contributed by atoms with E-state index in [1.54, 1.807) is 7.05 Å². The van der Waals surface area contributed by atoms with E-state index in [0.29, 0.717) is 4.99 Å². The lowest BCUT2D eigenvalue weighted by Crippen LogP contribution is -2.44. The van der Waals surface area contributed by atoms with Crippen LogP contribution in [0.4, 0.5) is 0 Å². The minimum Gasteiger partial charge on any atom is -0.481 e. The molecule has 0 spiro atoms. The SMILES string of the molecule is CNC(=S)C(C(CC(N)=O)C(=O)O)C(C)(C)C. The van der Waals surface area contributed by atoms with Crippen molar-refractivity contribution in [2.75, 3.05) is 7.05 Å².